The standard InChI is InChI=1S/C21H23N3O4S/c1-3-11-27-16-6-8-17(9-7-16)28-21-15(5-4-10-22-21)12-23-20(25)18-14-29-19(24-18)13-26-2/h4-10,14H,3,11-13H2,1-2H3,(H,23,25). The van der Waals surface area contributed by atoms with Gasteiger partial charge < -0.3 is 19.5 Å². The Labute approximate surface area is 173 Å². The number of hydrogen-bond donors (Lipinski definition) is 1. The number of benzene rings is 1. The van der Waals surface area contributed by atoms with Crippen LogP contribution in [0.2, 0.25) is 0 Å². The van der Waals surface area contributed by atoms with Gasteiger partial charge in [0, 0.05) is 30.8 Å². The van der Waals surface area contributed by atoms with Gasteiger partial charge in [0.05, 0.1) is 13.2 Å². The summed E-state index contributed by atoms with van der Waals surface area (Å²) in [5.41, 5.74) is 1.13. The van der Waals surface area contributed by atoms with Crippen molar-refractivity contribution in [1.82, 2.24) is 15.3 Å². The first-order chi connectivity index (χ1) is 14.2. The molecule has 8 heteroatoms. The number of thiazole rings is 1. The van der Waals surface area contributed by atoms with Gasteiger partial charge in [-0.2, -0.15) is 0 Å². The summed E-state index contributed by atoms with van der Waals surface area (Å²) in [5, 5.41) is 5.33. The summed E-state index contributed by atoms with van der Waals surface area (Å²) in [7, 11) is 1.59. The molecule has 0 aliphatic heterocycles. The van der Waals surface area contributed by atoms with E-state index in [1.807, 2.05) is 30.3 Å². The van der Waals surface area contributed by atoms with E-state index in [9.17, 15) is 4.79 Å². The number of ether oxygens (including phenoxy) is 3. The SMILES string of the molecule is CCCOc1ccc(Oc2ncccc2CNC(=O)c2csc(COC)n2)cc1. The van der Waals surface area contributed by atoms with Crippen molar-refractivity contribution < 1.29 is 19.0 Å². The highest BCUT2D eigenvalue weighted by Gasteiger charge is 2.13. The Kier molecular flexibility index (Phi) is 7.54. The molecule has 0 radical (unpaired) electrons. The van der Waals surface area contributed by atoms with Crippen LogP contribution in [0, 0.1) is 0 Å². The van der Waals surface area contributed by atoms with Gasteiger partial charge >= 0.3 is 0 Å². The lowest BCUT2D eigenvalue weighted by molar-refractivity contribution is 0.0945. The van der Waals surface area contributed by atoms with Crippen LogP contribution in [0.15, 0.2) is 48.0 Å². The Balaban J connectivity index is 1.61. The minimum Gasteiger partial charge on any atom is -0.494 e. The van der Waals surface area contributed by atoms with Crippen molar-refractivity contribution >= 4 is 17.2 Å². The number of aromatic nitrogens is 2. The number of carbonyl (C=O) groups excluding carboxylic acids is 1. The normalized spacial score (nSPS) is 10.6. The minimum absolute atomic E-state index is 0.254. The lowest BCUT2D eigenvalue weighted by atomic mass is 10.2. The van der Waals surface area contributed by atoms with Crippen molar-refractivity contribution in [3.63, 3.8) is 0 Å². The van der Waals surface area contributed by atoms with Crippen LogP contribution in [-0.2, 0) is 17.9 Å². The number of amides is 1. The first-order valence-corrected chi connectivity index (χ1v) is 10.1. The van der Waals surface area contributed by atoms with Gasteiger partial charge in [0.1, 0.15) is 22.2 Å². The highest BCUT2D eigenvalue weighted by molar-refractivity contribution is 7.09. The number of pyridine rings is 1. The van der Waals surface area contributed by atoms with E-state index in [2.05, 4.69) is 22.2 Å². The van der Waals surface area contributed by atoms with E-state index in [4.69, 9.17) is 14.2 Å². The van der Waals surface area contributed by atoms with Crippen molar-refractivity contribution in [1.29, 1.82) is 0 Å². The molecule has 1 amide bonds. The van der Waals surface area contributed by atoms with Crippen molar-refractivity contribution in [2.45, 2.75) is 26.5 Å². The molecule has 0 bridgehead atoms. The van der Waals surface area contributed by atoms with E-state index in [-0.39, 0.29) is 12.5 Å². The van der Waals surface area contributed by atoms with Crippen molar-refractivity contribution in [3.8, 4) is 17.4 Å². The second-order valence-electron chi connectivity index (χ2n) is 6.13. The van der Waals surface area contributed by atoms with E-state index in [0.717, 1.165) is 22.7 Å². The van der Waals surface area contributed by atoms with Crippen LogP contribution in [0.5, 0.6) is 17.4 Å². The lowest BCUT2D eigenvalue weighted by Crippen LogP contribution is -2.23. The zero-order chi connectivity index (χ0) is 20.5. The average Bonchev–Trinajstić information content (AvgIpc) is 3.21. The molecule has 2 heterocycles. The molecular weight excluding hydrogens is 390 g/mol. The fraction of sp³-hybridized carbons (Fsp3) is 0.286. The van der Waals surface area contributed by atoms with Gasteiger partial charge in [-0.25, -0.2) is 9.97 Å². The Bertz CT molecular complexity index is 928. The Morgan fingerprint density at radius 1 is 1.17 bits per heavy atom. The molecule has 0 spiro atoms. The number of hydrogen-bond acceptors (Lipinski definition) is 7. The predicted molar refractivity (Wildman–Crippen MR) is 111 cm³/mol. The number of methoxy groups -OCH3 is 1. The third-order valence-electron chi connectivity index (χ3n) is 3.85. The number of nitrogens with zero attached hydrogens (tertiary/aromatic N) is 2. The summed E-state index contributed by atoms with van der Waals surface area (Å²) < 4.78 is 16.5. The summed E-state index contributed by atoms with van der Waals surface area (Å²) in [6.07, 6.45) is 2.60. The van der Waals surface area contributed by atoms with Gasteiger partial charge in [-0.05, 0) is 36.8 Å². The molecule has 1 aromatic carbocycles. The second-order valence-corrected chi connectivity index (χ2v) is 7.07. The Hall–Kier alpha value is -2.97. The largest absolute Gasteiger partial charge is 0.494 e. The Morgan fingerprint density at radius 2 is 1.97 bits per heavy atom. The number of carbonyl (C=O) groups is 1. The van der Waals surface area contributed by atoms with Gasteiger partial charge in [0.25, 0.3) is 5.91 Å². The topological polar surface area (TPSA) is 82.6 Å². The van der Waals surface area contributed by atoms with Crippen LogP contribution in [0.1, 0.15) is 34.4 Å². The monoisotopic (exact) mass is 413 g/mol. The van der Waals surface area contributed by atoms with E-state index < -0.39 is 0 Å². The maximum atomic E-state index is 12.3. The quantitative estimate of drug-likeness (QED) is 0.536. The fourth-order valence-corrected chi connectivity index (χ4v) is 3.20. The van der Waals surface area contributed by atoms with Gasteiger partial charge in [-0.1, -0.05) is 13.0 Å². The van der Waals surface area contributed by atoms with Crippen molar-refractivity contribution in [3.05, 3.63) is 64.2 Å². The van der Waals surface area contributed by atoms with Gasteiger partial charge in [0.2, 0.25) is 5.88 Å². The predicted octanol–water partition coefficient (Wildman–Crippen LogP) is 4.20. The summed E-state index contributed by atoms with van der Waals surface area (Å²) in [4.78, 5) is 20.9. The Morgan fingerprint density at radius 3 is 2.72 bits per heavy atom. The number of rotatable bonds is 10. The smallest absolute Gasteiger partial charge is 0.271 e. The van der Waals surface area contributed by atoms with Crippen LogP contribution in [0.4, 0.5) is 0 Å². The molecule has 3 aromatic rings. The zero-order valence-corrected chi connectivity index (χ0v) is 17.2. The molecule has 29 heavy (non-hydrogen) atoms. The summed E-state index contributed by atoms with van der Waals surface area (Å²) >= 11 is 1.39. The van der Waals surface area contributed by atoms with Gasteiger partial charge in [-0.15, -0.1) is 11.3 Å². The van der Waals surface area contributed by atoms with E-state index in [1.165, 1.54) is 11.3 Å². The molecule has 0 saturated heterocycles. The lowest BCUT2D eigenvalue weighted by Gasteiger charge is -2.11. The molecular formula is C21H23N3O4S. The molecule has 0 saturated carbocycles. The van der Waals surface area contributed by atoms with Crippen LogP contribution < -0.4 is 14.8 Å². The molecule has 7 nitrogen and oxygen atoms in total. The average molecular weight is 413 g/mol. The first kappa shape index (κ1) is 20.8. The highest BCUT2D eigenvalue weighted by atomic mass is 32.1. The molecule has 1 N–H and O–H groups in total. The second kappa shape index (κ2) is 10.5. The van der Waals surface area contributed by atoms with E-state index in [0.29, 0.717) is 30.5 Å². The van der Waals surface area contributed by atoms with Crippen LogP contribution in [0.25, 0.3) is 0 Å². The van der Waals surface area contributed by atoms with Crippen LogP contribution in [-0.4, -0.2) is 29.6 Å². The maximum Gasteiger partial charge on any atom is 0.271 e. The molecule has 0 aliphatic carbocycles. The van der Waals surface area contributed by atoms with Crippen molar-refractivity contribution in [2.24, 2.45) is 0 Å². The molecule has 0 atom stereocenters. The third-order valence-corrected chi connectivity index (χ3v) is 4.67. The summed E-state index contributed by atoms with van der Waals surface area (Å²) in [6, 6.07) is 11.0. The molecule has 0 unspecified atom stereocenters. The van der Waals surface area contributed by atoms with Gasteiger partial charge in [-0.3, -0.25) is 4.79 Å². The molecule has 2 aromatic heterocycles. The third kappa shape index (κ3) is 6.00. The summed E-state index contributed by atoms with van der Waals surface area (Å²) in [5.74, 6) is 1.62. The minimum atomic E-state index is -0.254. The molecule has 0 aliphatic rings. The maximum absolute atomic E-state index is 12.3. The van der Waals surface area contributed by atoms with E-state index in [1.54, 1.807) is 24.8 Å². The first-order valence-electron chi connectivity index (χ1n) is 9.25. The van der Waals surface area contributed by atoms with E-state index >= 15 is 0 Å². The van der Waals surface area contributed by atoms with Crippen LogP contribution >= 0.6 is 11.3 Å². The van der Waals surface area contributed by atoms with Gasteiger partial charge in [0.15, 0.2) is 0 Å². The fourth-order valence-electron chi connectivity index (χ4n) is 2.46. The zero-order valence-electron chi connectivity index (χ0n) is 16.4. The van der Waals surface area contributed by atoms with Crippen LogP contribution in [0.3, 0.4) is 0 Å². The molecule has 0 fully saturated rings. The van der Waals surface area contributed by atoms with Crippen molar-refractivity contribution in [2.75, 3.05) is 13.7 Å². The highest BCUT2D eigenvalue weighted by Crippen LogP contribution is 2.25. The number of nitrogens with one attached hydrogen (secondary N) is 1. The summed E-state index contributed by atoms with van der Waals surface area (Å²) in [6.45, 7) is 3.40. The molecule has 3 rings (SSSR count). The molecule has 152 valence electrons.